The number of nitrogens with one attached hydrogen (secondary N) is 1. The van der Waals surface area contributed by atoms with E-state index in [2.05, 4.69) is 17.3 Å². The summed E-state index contributed by atoms with van der Waals surface area (Å²) in [6, 6.07) is 9.65. The van der Waals surface area contributed by atoms with Gasteiger partial charge in [-0.05, 0) is 50.8 Å². The van der Waals surface area contributed by atoms with E-state index in [1.54, 1.807) is 0 Å². The Kier molecular flexibility index (Phi) is 4.93. The average Bonchev–Trinajstić information content (AvgIpc) is 3.24. The molecule has 7 heteroatoms. The molecule has 1 N–H and O–H groups in total. The van der Waals surface area contributed by atoms with Crippen LogP contribution in [0.15, 0.2) is 42.7 Å². The third kappa shape index (κ3) is 3.54. The summed E-state index contributed by atoms with van der Waals surface area (Å²) in [5.74, 6) is 0.546. The Balaban J connectivity index is 1.39. The van der Waals surface area contributed by atoms with E-state index in [4.69, 9.17) is 0 Å². The lowest BCUT2D eigenvalue weighted by atomic mass is 9.77. The van der Waals surface area contributed by atoms with Crippen molar-refractivity contribution in [3.63, 3.8) is 0 Å². The fourth-order valence-corrected chi connectivity index (χ4v) is 4.17. The van der Waals surface area contributed by atoms with Crippen LogP contribution < -0.4 is 5.32 Å². The van der Waals surface area contributed by atoms with Crippen LogP contribution in [0.2, 0.25) is 0 Å². The van der Waals surface area contributed by atoms with Gasteiger partial charge < -0.3 is 5.32 Å². The molecule has 1 aromatic heterocycles. The zero-order valence-electron chi connectivity index (χ0n) is 16.5. The van der Waals surface area contributed by atoms with Gasteiger partial charge in [0, 0.05) is 18.3 Å². The lowest BCUT2D eigenvalue weighted by Gasteiger charge is -2.33. The number of aromatic nitrogens is 2. The first-order valence-electron chi connectivity index (χ1n) is 9.88. The topological polar surface area (TPSA) is 70.5 Å². The molecule has 7 nitrogen and oxygen atoms in total. The summed E-state index contributed by atoms with van der Waals surface area (Å²) < 4.78 is 1.83. The van der Waals surface area contributed by atoms with Crippen molar-refractivity contribution in [3.8, 4) is 5.69 Å². The van der Waals surface area contributed by atoms with Crippen molar-refractivity contribution in [2.24, 2.45) is 5.92 Å². The predicted molar refractivity (Wildman–Crippen MR) is 106 cm³/mol. The van der Waals surface area contributed by atoms with E-state index in [-0.39, 0.29) is 18.6 Å². The van der Waals surface area contributed by atoms with Gasteiger partial charge in [0.2, 0.25) is 0 Å². The number of carbonyl (C=O) groups is 2. The van der Waals surface area contributed by atoms with Crippen LogP contribution in [0.4, 0.5) is 4.79 Å². The van der Waals surface area contributed by atoms with Gasteiger partial charge in [0.05, 0.1) is 18.6 Å². The minimum absolute atomic E-state index is 0.0729. The molecule has 0 unspecified atom stereocenters. The maximum Gasteiger partial charge on any atom is 0.326 e. The summed E-state index contributed by atoms with van der Waals surface area (Å²) in [6.45, 7) is 3.08. The molecule has 4 rings (SSSR count). The summed E-state index contributed by atoms with van der Waals surface area (Å²) >= 11 is 0. The minimum Gasteiger partial charge on any atom is -0.323 e. The molecule has 1 saturated heterocycles. The molecule has 1 saturated carbocycles. The largest absolute Gasteiger partial charge is 0.326 e. The lowest BCUT2D eigenvalue weighted by Crippen LogP contribution is -2.49. The monoisotopic (exact) mass is 381 g/mol. The Morgan fingerprint density at radius 3 is 2.64 bits per heavy atom. The number of hydrogen-bond donors (Lipinski definition) is 1. The molecule has 28 heavy (non-hydrogen) atoms. The molecule has 0 bridgehead atoms. The van der Waals surface area contributed by atoms with Gasteiger partial charge in [-0.25, -0.2) is 14.4 Å². The van der Waals surface area contributed by atoms with Crippen molar-refractivity contribution in [1.82, 2.24) is 24.9 Å². The van der Waals surface area contributed by atoms with Crippen LogP contribution in [0, 0.1) is 5.92 Å². The SMILES string of the molecule is CC1CCC2(CC1)NC(=O)N(CN(C)Cc1cnn(-c3ccccc3)c1)C2=O. The van der Waals surface area contributed by atoms with Gasteiger partial charge in [0.1, 0.15) is 5.54 Å². The Labute approximate surface area is 165 Å². The van der Waals surface area contributed by atoms with Crippen molar-refractivity contribution in [3.05, 3.63) is 48.3 Å². The molecule has 0 atom stereocenters. The Morgan fingerprint density at radius 2 is 1.93 bits per heavy atom. The third-order valence-corrected chi connectivity index (χ3v) is 5.87. The van der Waals surface area contributed by atoms with Crippen LogP contribution in [0.25, 0.3) is 5.69 Å². The maximum absolute atomic E-state index is 13.0. The highest BCUT2D eigenvalue weighted by Crippen LogP contribution is 2.36. The molecule has 2 aromatic rings. The van der Waals surface area contributed by atoms with E-state index in [1.807, 2.05) is 59.4 Å². The molecule has 1 aliphatic carbocycles. The highest BCUT2D eigenvalue weighted by molar-refractivity contribution is 6.07. The van der Waals surface area contributed by atoms with E-state index in [0.29, 0.717) is 12.5 Å². The van der Waals surface area contributed by atoms with Crippen molar-refractivity contribution >= 4 is 11.9 Å². The molecule has 2 fully saturated rings. The Morgan fingerprint density at radius 1 is 1.21 bits per heavy atom. The smallest absolute Gasteiger partial charge is 0.323 e. The predicted octanol–water partition coefficient (Wildman–Crippen LogP) is 2.76. The maximum atomic E-state index is 13.0. The van der Waals surface area contributed by atoms with Crippen LogP contribution >= 0.6 is 0 Å². The van der Waals surface area contributed by atoms with Gasteiger partial charge in [-0.15, -0.1) is 0 Å². The van der Waals surface area contributed by atoms with Gasteiger partial charge in [0.25, 0.3) is 5.91 Å². The Bertz CT molecular complexity index is 855. The summed E-state index contributed by atoms with van der Waals surface area (Å²) in [5, 5.41) is 7.39. The summed E-state index contributed by atoms with van der Waals surface area (Å²) in [4.78, 5) is 28.8. The molecule has 3 amide bonds. The number of para-hydroxylation sites is 1. The molecule has 148 valence electrons. The highest BCUT2D eigenvalue weighted by Gasteiger charge is 2.52. The first kappa shape index (κ1) is 18.7. The van der Waals surface area contributed by atoms with Crippen LogP contribution in [-0.2, 0) is 11.3 Å². The Hall–Kier alpha value is -2.67. The number of nitrogens with zero attached hydrogens (tertiary/aromatic N) is 4. The molecular weight excluding hydrogens is 354 g/mol. The van der Waals surface area contributed by atoms with Crippen LogP contribution in [0.1, 0.15) is 38.2 Å². The van der Waals surface area contributed by atoms with Gasteiger partial charge in [-0.1, -0.05) is 25.1 Å². The number of benzene rings is 1. The third-order valence-electron chi connectivity index (χ3n) is 5.87. The zero-order chi connectivity index (χ0) is 19.7. The molecule has 1 aliphatic heterocycles. The quantitative estimate of drug-likeness (QED) is 0.809. The van der Waals surface area contributed by atoms with Crippen molar-refractivity contribution in [1.29, 1.82) is 0 Å². The second kappa shape index (κ2) is 7.39. The lowest BCUT2D eigenvalue weighted by molar-refractivity contribution is -0.134. The van der Waals surface area contributed by atoms with Crippen molar-refractivity contribution in [2.45, 2.75) is 44.7 Å². The highest BCUT2D eigenvalue weighted by atomic mass is 16.2. The summed E-state index contributed by atoms with van der Waals surface area (Å²) in [5.41, 5.74) is 1.35. The second-order valence-corrected chi connectivity index (χ2v) is 8.21. The van der Waals surface area contributed by atoms with Gasteiger partial charge >= 0.3 is 6.03 Å². The van der Waals surface area contributed by atoms with E-state index in [1.165, 1.54) is 4.90 Å². The summed E-state index contributed by atoms with van der Waals surface area (Å²) in [6.07, 6.45) is 7.23. The van der Waals surface area contributed by atoms with Crippen LogP contribution in [0.5, 0.6) is 0 Å². The standard InChI is InChI=1S/C21H27N5O2/c1-16-8-10-21(11-9-16)19(27)25(20(28)23-21)15-24(2)13-17-12-22-26(14-17)18-6-4-3-5-7-18/h3-7,12,14,16H,8-11,13,15H2,1-2H3,(H,23,28). The number of imide groups is 1. The van der Waals surface area contributed by atoms with Crippen LogP contribution in [-0.4, -0.2) is 50.8 Å². The normalized spacial score (nSPS) is 25.0. The van der Waals surface area contributed by atoms with Crippen molar-refractivity contribution in [2.75, 3.05) is 13.7 Å². The summed E-state index contributed by atoms with van der Waals surface area (Å²) in [7, 11) is 1.91. The second-order valence-electron chi connectivity index (χ2n) is 8.21. The molecule has 1 aromatic carbocycles. The molecule has 2 aliphatic rings. The molecule has 1 spiro atoms. The first-order valence-corrected chi connectivity index (χ1v) is 9.88. The fourth-order valence-electron chi connectivity index (χ4n) is 4.17. The number of carbonyl (C=O) groups excluding carboxylic acids is 2. The minimum atomic E-state index is -0.678. The molecular formula is C21H27N5O2. The number of rotatable bonds is 5. The van der Waals surface area contributed by atoms with Gasteiger partial charge in [-0.2, -0.15) is 5.10 Å². The van der Waals surface area contributed by atoms with Crippen molar-refractivity contribution < 1.29 is 9.59 Å². The van der Waals surface area contributed by atoms with Gasteiger partial charge in [0.15, 0.2) is 0 Å². The van der Waals surface area contributed by atoms with E-state index in [9.17, 15) is 9.59 Å². The van der Waals surface area contributed by atoms with Gasteiger partial charge in [-0.3, -0.25) is 9.69 Å². The average molecular weight is 381 g/mol. The zero-order valence-corrected chi connectivity index (χ0v) is 16.5. The number of hydrogen-bond acceptors (Lipinski definition) is 4. The van der Waals surface area contributed by atoms with E-state index in [0.717, 1.165) is 36.9 Å². The van der Waals surface area contributed by atoms with Crippen LogP contribution in [0.3, 0.4) is 0 Å². The van der Waals surface area contributed by atoms with E-state index >= 15 is 0 Å². The van der Waals surface area contributed by atoms with E-state index < -0.39 is 5.54 Å². The first-order chi connectivity index (χ1) is 13.5. The number of urea groups is 1. The fraction of sp³-hybridized carbons (Fsp3) is 0.476. The molecule has 2 heterocycles. The number of amides is 3. The molecule has 0 radical (unpaired) electrons.